The molecule has 1 aromatic heterocycles. The van der Waals surface area contributed by atoms with E-state index >= 15 is 0 Å². The maximum absolute atomic E-state index is 12.6. The zero-order valence-electron chi connectivity index (χ0n) is 29.5. The number of rotatable bonds is 16. The lowest BCUT2D eigenvalue weighted by Crippen LogP contribution is -2.31. The summed E-state index contributed by atoms with van der Waals surface area (Å²) in [5, 5.41) is 16.1. The molecule has 11 heteroatoms. The van der Waals surface area contributed by atoms with E-state index in [9.17, 15) is 14.7 Å². The van der Waals surface area contributed by atoms with Crippen molar-refractivity contribution in [2.24, 2.45) is 0 Å². The molecule has 1 saturated heterocycles. The molecule has 10 nitrogen and oxygen atoms in total. The number of aliphatic hydroxyl groups is 1. The van der Waals surface area contributed by atoms with Gasteiger partial charge in [-0.15, -0.1) is 0 Å². The molecule has 274 valence electrons. The van der Waals surface area contributed by atoms with E-state index in [1.165, 1.54) is 0 Å². The van der Waals surface area contributed by atoms with E-state index in [0.717, 1.165) is 39.8 Å². The lowest BCUT2D eigenvalue weighted by Gasteiger charge is -2.36. The van der Waals surface area contributed by atoms with Crippen LogP contribution in [0.15, 0.2) is 121 Å². The van der Waals surface area contributed by atoms with E-state index in [-0.39, 0.29) is 30.6 Å². The maximum Gasteiger partial charge on any atom is 0.224 e. The van der Waals surface area contributed by atoms with Crippen LogP contribution in [0.1, 0.15) is 73.2 Å². The summed E-state index contributed by atoms with van der Waals surface area (Å²) in [6.45, 7) is 0.410. The summed E-state index contributed by atoms with van der Waals surface area (Å²) >= 11 is 1.56. The fourth-order valence-electron chi connectivity index (χ4n) is 6.14. The number of amides is 2. The molecule has 5 N–H and O–H groups in total. The van der Waals surface area contributed by atoms with Gasteiger partial charge in [0.25, 0.3) is 0 Å². The van der Waals surface area contributed by atoms with Gasteiger partial charge in [-0.1, -0.05) is 91.0 Å². The van der Waals surface area contributed by atoms with Crippen LogP contribution in [0.4, 0.5) is 11.4 Å². The van der Waals surface area contributed by atoms with Crippen LogP contribution in [0.25, 0.3) is 11.1 Å². The topological polar surface area (TPSA) is 149 Å². The third kappa shape index (κ3) is 11.2. The van der Waals surface area contributed by atoms with Crippen LogP contribution in [-0.2, 0) is 32.2 Å². The summed E-state index contributed by atoms with van der Waals surface area (Å²) in [6, 6.07) is 33.2. The van der Waals surface area contributed by atoms with E-state index in [0.29, 0.717) is 60.9 Å². The predicted octanol–water partition coefficient (Wildman–Crippen LogP) is 7.76. The van der Waals surface area contributed by atoms with Gasteiger partial charge in [0, 0.05) is 49.5 Å². The fraction of sp³-hybridized carbons (Fsp3) is 0.286. The van der Waals surface area contributed by atoms with Gasteiger partial charge < -0.3 is 30.9 Å². The summed E-state index contributed by atoms with van der Waals surface area (Å²) in [7, 11) is 0. The van der Waals surface area contributed by atoms with Crippen molar-refractivity contribution in [3.05, 3.63) is 138 Å². The number of carbonyl (C=O) groups excluding carboxylic acids is 2. The van der Waals surface area contributed by atoms with Gasteiger partial charge in [-0.3, -0.25) is 9.59 Å². The number of para-hydroxylation sites is 2. The Morgan fingerprint density at radius 3 is 2.28 bits per heavy atom. The Kier molecular flexibility index (Phi) is 13.6. The van der Waals surface area contributed by atoms with Crippen LogP contribution in [0, 0.1) is 0 Å². The zero-order chi connectivity index (χ0) is 36.8. The van der Waals surface area contributed by atoms with Gasteiger partial charge in [0.05, 0.1) is 30.2 Å². The van der Waals surface area contributed by atoms with Crippen molar-refractivity contribution in [3.8, 4) is 11.1 Å². The summed E-state index contributed by atoms with van der Waals surface area (Å²) in [5.74, 6) is 0.575. The van der Waals surface area contributed by atoms with E-state index < -0.39 is 6.29 Å². The summed E-state index contributed by atoms with van der Waals surface area (Å²) < 4.78 is 13.1. The highest BCUT2D eigenvalue weighted by Gasteiger charge is 2.32. The largest absolute Gasteiger partial charge is 0.397 e. The van der Waals surface area contributed by atoms with Crippen molar-refractivity contribution in [1.29, 1.82) is 0 Å². The van der Waals surface area contributed by atoms with Gasteiger partial charge in [0.2, 0.25) is 11.8 Å². The second-order valence-corrected chi connectivity index (χ2v) is 14.0. The third-order valence-corrected chi connectivity index (χ3v) is 10.0. The number of ether oxygens (including phenoxy) is 2. The quantitative estimate of drug-likeness (QED) is 0.0346. The monoisotopic (exact) mass is 731 g/mol. The van der Waals surface area contributed by atoms with Crippen LogP contribution in [0.2, 0.25) is 0 Å². The Morgan fingerprint density at radius 2 is 1.51 bits per heavy atom. The number of nitrogen functional groups attached to an aromatic ring is 1. The molecule has 53 heavy (non-hydrogen) atoms. The van der Waals surface area contributed by atoms with Crippen molar-refractivity contribution < 1.29 is 24.2 Å². The Labute approximate surface area is 314 Å². The summed E-state index contributed by atoms with van der Waals surface area (Å²) in [5.41, 5.74) is 12.9. The number of anilines is 2. The predicted molar refractivity (Wildman–Crippen MR) is 207 cm³/mol. The highest BCUT2D eigenvalue weighted by molar-refractivity contribution is 7.99. The first-order chi connectivity index (χ1) is 25.9. The summed E-state index contributed by atoms with van der Waals surface area (Å²) in [6.07, 6.45) is 6.22. The van der Waals surface area contributed by atoms with E-state index in [1.54, 1.807) is 42.4 Å². The van der Waals surface area contributed by atoms with E-state index in [4.69, 9.17) is 15.2 Å². The SMILES string of the molecule is Nc1ccccc1NC(=O)CCCCCC(=O)NCc1cccc(-c2cccc([C@@H]3O[C@H](CSc4ncccn4)C[C@H](c4ccc(CO)cc4)O3)c2)c1. The lowest BCUT2D eigenvalue weighted by atomic mass is 9.99. The van der Waals surface area contributed by atoms with E-state index in [2.05, 4.69) is 44.9 Å². The molecule has 2 heterocycles. The average molecular weight is 732 g/mol. The normalized spacial score (nSPS) is 16.9. The van der Waals surface area contributed by atoms with Crippen LogP contribution < -0.4 is 16.4 Å². The number of thioether (sulfide) groups is 1. The first kappa shape index (κ1) is 37.7. The van der Waals surface area contributed by atoms with Crippen molar-refractivity contribution in [2.45, 2.75) is 75.3 Å². The molecule has 0 aliphatic carbocycles. The molecule has 1 aliphatic rings. The van der Waals surface area contributed by atoms with Gasteiger partial charge in [-0.2, -0.15) is 0 Å². The van der Waals surface area contributed by atoms with Gasteiger partial charge >= 0.3 is 0 Å². The number of nitrogens with one attached hydrogen (secondary N) is 2. The number of hydrogen-bond acceptors (Lipinski definition) is 9. The average Bonchev–Trinajstić information content (AvgIpc) is 3.20. The summed E-state index contributed by atoms with van der Waals surface area (Å²) in [4.78, 5) is 33.6. The van der Waals surface area contributed by atoms with Crippen LogP contribution in [0.5, 0.6) is 0 Å². The van der Waals surface area contributed by atoms with Crippen LogP contribution >= 0.6 is 11.8 Å². The molecule has 4 aromatic carbocycles. The number of nitrogens with two attached hydrogens (primary N) is 1. The molecular formula is C42H45N5O5S. The molecule has 0 unspecified atom stereocenters. The molecule has 1 aliphatic heterocycles. The number of hydrogen-bond donors (Lipinski definition) is 4. The van der Waals surface area contributed by atoms with Crippen molar-refractivity contribution in [3.63, 3.8) is 0 Å². The molecule has 3 atom stereocenters. The van der Waals surface area contributed by atoms with Gasteiger partial charge in [0.1, 0.15) is 0 Å². The second-order valence-electron chi connectivity index (χ2n) is 13.0. The fourth-order valence-corrected chi connectivity index (χ4v) is 6.96. The van der Waals surface area contributed by atoms with Gasteiger partial charge in [-0.05, 0) is 71.0 Å². The molecule has 6 rings (SSSR count). The number of aromatic nitrogens is 2. The molecule has 5 aromatic rings. The maximum atomic E-state index is 12.6. The van der Waals surface area contributed by atoms with Crippen LogP contribution in [-0.4, -0.2) is 38.7 Å². The molecule has 0 radical (unpaired) electrons. The van der Waals surface area contributed by atoms with Gasteiger partial charge in [0.15, 0.2) is 11.4 Å². The molecule has 1 fully saturated rings. The lowest BCUT2D eigenvalue weighted by molar-refractivity contribution is -0.245. The number of unbranched alkanes of at least 4 members (excludes halogenated alkanes) is 2. The number of benzene rings is 4. The Hall–Kier alpha value is -5.07. The zero-order valence-corrected chi connectivity index (χ0v) is 30.3. The van der Waals surface area contributed by atoms with Crippen molar-refractivity contribution in [2.75, 3.05) is 16.8 Å². The molecule has 0 bridgehead atoms. The molecular weight excluding hydrogens is 687 g/mol. The van der Waals surface area contributed by atoms with E-state index in [1.807, 2.05) is 60.7 Å². The number of nitrogens with zero attached hydrogens (tertiary/aromatic N) is 2. The van der Waals surface area contributed by atoms with Gasteiger partial charge in [-0.25, -0.2) is 9.97 Å². The minimum absolute atomic E-state index is 0.0101. The standard InChI is InChI=1S/C42H45N5O5S/c43-36-13-4-5-14-37(36)47-40(50)16-3-1-2-15-39(49)46-26-30-9-6-10-32(23-30)33-11-7-12-34(24-33)41-51-35(28-53-42-44-21-8-22-45-42)25-38(52-41)31-19-17-29(27-48)18-20-31/h4-14,17-24,35,38,41,48H,1-3,15-16,25-28,43H2,(H,46,49)(H,47,50)/t35-,38+,41+/m0/s1. The first-order valence-electron chi connectivity index (χ1n) is 17.9. The van der Waals surface area contributed by atoms with Crippen LogP contribution in [0.3, 0.4) is 0 Å². The van der Waals surface area contributed by atoms with Crippen molar-refractivity contribution >= 4 is 35.0 Å². The number of aliphatic hydroxyl groups excluding tert-OH is 1. The number of carbonyl (C=O) groups is 2. The Morgan fingerprint density at radius 1 is 0.774 bits per heavy atom. The molecule has 0 spiro atoms. The smallest absolute Gasteiger partial charge is 0.224 e. The minimum atomic E-state index is -0.590. The second kappa shape index (κ2) is 19.1. The highest BCUT2D eigenvalue weighted by atomic mass is 32.2. The third-order valence-electron chi connectivity index (χ3n) is 9.01. The highest BCUT2D eigenvalue weighted by Crippen LogP contribution is 2.40. The minimum Gasteiger partial charge on any atom is -0.397 e. The van der Waals surface area contributed by atoms with Crippen molar-refractivity contribution in [1.82, 2.24) is 15.3 Å². The Balaban J connectivity index is 1.02. The first-order valence-corrected chi connectivity index (χ1v) is 18.9. The Bertz CT molecular complexity index is 1940. The molecule has 2 amide bonds. The molecule has 0 saturated carbocycles.